The van der Waals surface area contributed by atoms with E-state index in [0.717, 1.165) is 6.42 Å². The lowest BCUT2D eigenvalue weighted by molar-refractivity contribution is -0.122. The minimum Gasteiger partial charge on any atom is -0.382 e. The number of nitrogen functional groups attached to an aromatic ring is 1. The molecule has 20 heavy (non-hydrogen) atoms. The zero-order chi connectivity index (χ0) is 15.3. The van der Waals surface area contributed by atoms with E-state index in [4.69, 9.17) is 5.73 Å². The van der Waals surface area contributed by atoms with Gasteiger partial charge in [-0.2, -0.15) is 0 Å². The molecule has 0 aliphatic carbocycles. The van der Waals surface area contributed by atoms with Gasteiger partial charge in [0.05, 0.1) is 0 Å². The van der Waals surface area contributed by atoms with E-state index in [0.29, 0.717) is 16.6 Å². The average Bonchev–Trinajstić information content (AvgIpc) is 2.78. The van der Waals surface area contributed by atoms with E-state index in [1.807, 2.05) is 21.0 Å². The minimum atomic E-state index is -0.613. The van der Waals surface area contributed by atoms with Gasteiger partial charge in [0.1, 0.15) is 16.7 Å². The summed E-state index contributed by atoms with van der Waals surface area (Å²) in [6.07, 6.45) is 0.848. The summed E-state index contributed by atoms with van der Waals surface area (Å²) in [7, 11) is 3.64. The summed E-state index contributed by atoms with van der Waals surface area (Å²) in [4.78, 5) is 30.0. The average molecular weight is 299 g/mol. The Hall–Kier alpha value is -1.83. The number of nitrogens with two attached hydrogens (primary N) is 1. The van der Waals surface area contributed by atoms with Crippen molar-refractivity contribution in [2.24, 2.45) is 0 Å². The molecule has 1 unspecified atom stereocenters. The second-order valence-corrected chi connectivity index (χ2v) is 5.57. The monoisotopic (exact) mass is 299 g/mol. The molecular formula is C12H21N5O2S. The highest BCUT2D eigenvalue weighted by atomic mass is 32.1. The van der Waals surface area contributed by atoms with Gasteiger partial charge in [-0.1, -0.05) is 18.3 Å². The molecule has 0 spiro atoms. The van der Waals surface area contributed by atoms with Crippen molar-refractivity contribution in [2.45, 2.75) is 26.3 Å². The second-order valence-electron chi connectivity index (χ2n) is 4.59. The standard InChI is InChI=1S/C12H21N5O2S/c1-5-6-14-10(18)7(2)15-11(19)8-9(13)16-12(20-8)17(3)4/h7H,5-6,13H2,1-4H3,(H,14,18)(H,15,19). The Balaban J connectivity index is 2.69. The molecule has 112 valence electrons. The molecule has 1 aromatic rings. The first-order valence-corrected chi connectivity index (χ1v) is 7.20. The van der Waals surface area contributed by atoms with Crippen LogP contribution < -0.4 is 21.3 Å². The van der Waals surface area contributed by atoms with Crippen LogP contribution in [-0.2, 0) is 4.79 Å². The smallest absolute Gasteiger partial charge is 0.265 e. The van der Waals surface area contributed by atoms with Crippen molar-refractivity contribution in [3.8, 4) is 0 Å². The maximum Gasteiger partial charge on any atom is 0.265 e. The van der Waals surface area contributed by atoms with Gasteiger partial charge in [0.15, 0.2) is 5.13 Å². The molecule has 0 fully saturated rings. The number of anilines is 2. The number of carbonyl (C=O) groups excluding carboxylic acids is 2. The van der Waals surface area contributed by atoms with Crippen LogP contribution in [0.2, 0.25) is 0 Å². The number of aromatic nitrogens is 1. The second kappa shape index (κ2) is 7.09. The van der Waals surface area contributed by atoms with E-state index in [1.54, 1.807) is 11.8 Å². The molecule has 1 atom stereocenters. The van der Waals surface area contributed by atoms with Crippen molar-refractivity contribution >= 4 is 34.1 Å². The first kappa shape index (κ1) is 16.2. The number of thiazole rings is 1. The maximum absolute atomic E-state index is 12.1. The van der Waals surface area contributed by atoms with E-state index in [1.165, 1.54) is 11.3 Å². The number of hydrogen-bond acceptors (Lipinski definition) is 6. The number of amides is 2. The van der Waals surface area contributed by atoms with Gasteiger partial charge in [-0.25, -0.2) is 4.98 Å². The molecule has 0 radical (unpaired) electrons. The quantitative estimate of drug-likeness (QED) is 0.707. The Morgan fingerprint density at radius 1 is 1.45 bits per heavy atom. The van der Waals surface area contributed by atoms with Crippen LogP contribution in [0.4, 0.5) is 10.9 Å². The van der Waals surface area contributed by atoms with Crippen molar-refractivity contribution in [1.82, 2.24) is 15.6 Å². The summed E-state index contributed by atoms with van der Waals surface area (Å²) in [6.45, 7) is 4.18. The third kappa shape index (κ3) is 4.09. The summed E-state index contributed by atoms with van der Waals surface area (Å²) >= 11 is 1.19. The Bertz CT molecular complexity index is 486. The van der Waals surface area contributed by atoms with Crippen LogP contribution >= 0.6 is 11.3 Å². The summed E-state index contributed by atoms with van der Waals surface area (Å²) in [6, 6.07) is -0.613. The van der Waals surface area contributed by atoms with Crippen LogP contribution in [0.5, 0.6) is 0 Å². The highest BCUT2D eigenvalue weighted by Gasteiger charge is 2.21. The molecule has 0 aromatic carbocycles. The van der Waals surface area contributed by atoms with Crippen molar-refractivity contribution in [1.29, 1.82) is 0 Å². The zero-order valence-electron chi connectivity index (χ0n) is 12.2. The third-order valence-electron chi connectivity index (χ3n) is 2.52. The molecule has 4 N–H and O–H groups in total. The third-order valence-corrected chi connectivity index (χ3v) is 3.76. The number of rotatable bonds is 6. The molecule has 0 saturated carbocycles. The van der Waals surface area contributed by atoms with E-state index in [9.17, 15) is 9.59 Å². The molecule has 0 saturated heterocycles. The molecule has 1 heterocycles. The maximum atomic E-state index is 12.1. The Morgan fingerprint density at radius 2 is 2.10 bits per heavy atom. The first-order chi connectivity index (χ1) is 9.36. The van der Waals surface area contributed by atoms with Crippen LogP contribution in [0, 0.1) is 0 Å². The molecule has 1 rings (SSSR count). The molecule has 0 bridgehead atoms. The van der Waals surface area contributed by atoms with E-state index in [2.05, 4.69) is 15.6 Å². The Kier molecular flexibility index (Phi) is 5.75. The zero-order valence-corrected chi connectivity index (χ0v) is 13.0. The number of nitrogens with zero attached hydrogens (tertiary/aromatic N) is 2. The van der Waals surface area contributed by atoms with Gasteiger partial charge < -0.3 is 21.3 Å². The molecule has 7 nitrogen and oxygen atoms in total. The SMILES string of the molecule is CCCNC(=O)C(C)NC(=O)c1sc(N(C)C)nc1N. The number of carbonyl (C=O) groups is 2. The normalized spacial score (nSPS) is 11.8. The van der Waals surface area contributed by atoms with Gasteiger partial charge in [-0.3, -0.25) is 9.59 Å². The molecule has 8 heteroatoms. The molecule has 0 aliphatic heterocycles. The molecule has 0 aliphatic rings. The number of hydrogen-bond donors (Lipinski definition) is 3. The van der Waals surface area contributed by atoms with Crippen LogP contribution in [0.25, 0.3) is 0 Å². The van der Waals surface area contributed by atoms with Crippen molar-refractivity contribution in [2.75, 3.05) is 31.3 Å². The van der Waals surface area contributed by atoms with Crippen molar-refractivity contribution < 1.29 is 9.59 Å². The lowest BCUT2D eigenvalue weighted by Crippen LogP contribution is -2.44. The predicted octanol–water partition coefficient (Wildman–Crippen LogP) is 0.436. The lowest BCUT2D eigenvalue weighted by Gasteiger charge is -2.13. The van der Waals surface area contributed by atoms with Crippen LogP contribution in [-0.4, -0.2) is 43.5 Å². The number of nitrogens with one attached hydrogen (secondary N) is 2. The Labute approximate surface area is 122 Å². The largest absolute Gasteiger partial charge is 0.382 e. The summed E-state index contributed by atoms with van der Waals surface area (Å²) in [5, 5.41) is 5.99. The van der Waals surface area contributed by atoms with Gasteiger partial charge in [-0.15, -0.1) is 0 Å². The Morgan fingerprint density at radius 3 is 2.60 bits per heavy atom. The van der Waals surface area contributed by atoms with Crippen molar-refractivity contribution in [3.05, 3.63) is 4.88 Å². The van der Waals surface area contributed by atoms with E-state index in [-0.39, 0.29) is 17.6 Å². The highest BCUT2D eigenvalue weighted by Crippen LogP contribution is 2.26. The summed E-state index contributed by atoms with van der Waals surface area (Å²) < 4.78 is 0. The summed E-state index contributed by atoms with van der Waals surface area (Å²) in [5.74, 6) is -0.416. The molecule has 1 aromatic heterocycles. The van der Waals surface area contributed by atoms with Crippen LogP contribution in [0.1, 0.15) is 29.9 Å². The van der Waals surface area contributed by atoms with Crippen LogP contribution in [0.3, 0.4) is 0 Å². The van der Waals surface area contributed by atoms with Gasteiger partial charge in [0.25, 0.3) is 5.91 Å². The van der Waals surface area contributed by atoms with Crippen molar-refractivity contribution in [3.63, 3.8) is 0 Å². The molecular weight excluding hydrogens is 278 g/mol. The predicted molar refractivity (Wildman–Crippen MR) is 81.1 cm³/mol. The van der Waals surface area contributed by atoms with Gasteiger partial charge in [-0.05, 0) is 13.3 Å². The lowest BCUT2D eigenvalue weighted by atomic mass is 10.3. The topological polar surface area (TPSA) is 100 Å². The minimum absolute atomic E-state index is 0.178. The van der Waals surface area contributed by atoms with Gasteiger partial charge in [0, 0.05) is 20.6 Å². The van der Waals surface area contributed by atoms with E-state index < -0.39 is 6.04 Å². The van der Waals surface area contributed by atoms with Gasteiger partial charge >= 0.3 is 0 Å². The van der Waals surface area contributed by atoms with Crippen LogP contribution in [0.15, 0.2) is 0 Å². The van der Waals surface area contributed by atoms with E-state index >= 15 is 0 Å². The fourth-order valence-electron chi connectivity index (χ4n) is 1.40. The fraction of sp³-hybridized carbons (Fsp3) is 0.583. The molecule has 2 amide bonds. The fourth-order valence-corrected chi connectivity index (χ4v) is 2.21. The highest BCUT2D eigenvalue weighted by molar-refractivity contribution is 7.18. The van der Waals surface area contributed by atoms with Gasteiger partial charge in [0.2, 0.25) is 5.91 Å². The first-order valence-electron chi connectivity index (χ1n) is 6.39. The summed E-state index contributed by atoms with van der Waals surface area (Å²) in [5.41, 5.74) is 5.72.